The van der Waals surface area contributed by atoms with Gasteiger partial charge in [-0.3, -0.25) is 0 Å². The van der Waals surface area contributed by atoms with Crippen LogP contribution < -0.4 is 5.73 Å². The predicted octanol–water partition coefficient (Wildman–Crippen LogP) is 0.251. The van der Waals surface area contributed by atoms with Crippen LogP contribution in [0.5, 0.6) is 0 Å². The third-order valence-electron chi connectivity index (χ3n) is 2.42. The van der Waals surface area contributed by atoms with Gasteiger partial charge in [0.25, 0.3) is 0 Å². The third kappa shape index (κ3) is 3.83. The van der Waals surface area contributed by atoms with E-state index in [2.05, 4.69) is 9.82 Å². The Hall–Kier alpha value is -2.85. The maximum absolute atomic E-state index is 10.7. The molecule has 0 bridgehead atoms. The fourth-order valence-electron chi connectivity index (χ4n) is 1.51. The lowest BCUT2D eigenvalue weighted by Crippen LogP contribution is -2.35. The van der Waals surface area contributed by atoms with Crippen LogP contribution in [0.25, 0.3) is 0 Å². The summed E-state index contributed by atoms with van der Waals surface area (Å²) in [6.07, 6.45) is -1.06. The summed E-state index contributed by atoms with van der Waals surface area (Å²) in [5.41, 5.74) is 4.72. The number of aryl methyl sites for hydroxylation is 1. The lowest BCUT2D eigenvalue weighted by Gasteiger charge is -2.15. The number of carboxylic acid groups (broad SMARTS) is 1. The van der Waals surface area contributed by atoms with E-state index in [9.17, 15) is 19.7 Å². The lowest BCUT2D eigenvalue weighted by molar-refractivity contribution is -0.391. The van der Waals surface area contributed by atoms with E-state index >= 15 is 0 Å². The van der Waals surface area contributed by atoms with Crippen LogP contribution in [0, 0.1) is 10.1 Å². The molecule has 0 saturated carbocycles. The Bertz CT molecular complexity index is 527. The molecule has 1 aromatic heterocycles. The molecule has 2 amide bonds. The van der Waals surface area contributed by atoms with E-state index < -0.39 is 17.1 Å². The van der Waals surface area contributed by atoms with Crippen molar-refractivity contribution in [3.8, 4) is 0 Å². The topological polar surface area (TPSA) is 154 Å². The summed E-state index contributed by atoms with van der Waals surface area (Å²) < 4.78 is 1.29. The fraction of sp³-hybridized carbons (Fsp3) is 0.444. The smallest absolute Gasteiger partial charge is 0.440 e. The molecule has 0 aliphatic rings. The van der Waals surface area contributed by atoms with Crippen molar-refractivity contribution in [1.82, 2.24) is 14.6 Å². The number of carbonyl (C=O) groups excluding carboxylic acids is 1. The van der Waals surface area contributed by atoms with Crippen LogP contribution in [0.4, 0.5) is 15.4 Å². The average molecular weight is 287 g/mol. The first-order chi connectivity index (χ1) is 9.32. The summed E-state index contributed by atoms with van der Waals surface area (Å²) in [4.78, 5) is 39.4. The van der Waals surface area contributed by atoms with Gasteiger partial charge in [-0.1, -0.05) is 0 Å². The molecule has 0 fully saturated rings. The molecule has 0 aliphatic carbocycles. The standard InChI is InChI=1S/C9H13N5O6/c1-12-6(11-5-7(12)14(18)19)3-2-4-13(9(16)17)20-8(10)15/h5H,2-4H2,1H3,(H2,10,15)(H,16,17). The van der Waals surface area contributed by atoms with Gasteiger partial charge in [-0.2, -0.15) is 0 Å². The Balaban J connectivity index is 2.57. The Morgan fingerprint density at radius 3 is 2.75 bits per heavy atom. The average Bonchev–Trinajstić information content (AvgIpc) is 2.69. The van der Waals surface area contributed by atoms with Crippen molar-refractivity contribution < 1.29 is 24.5 Å². The summed E-state index contributed by atoms with van der Waals surface area (Å²) in [5, 5.41) is 19.7. The Morgan fingerprint density at radius 2 is 2.30 bits per heavy atom. The normalized spacial score (nSPS) is 10.1. The molecule has 20 heavy (non-hydrogen) atoms. The maximum atomic E-state index is 10.7. The molecule has 0 unspecified atom stereocenters. The highest BCUT2D eigenvalue weighted by Gasteiger charge is 2.19. The van der Waals surface area contributed by atoms with Gasteiger partial charge in [0.05, 0.1) is 13.6 Å². The number of imidazole rings is 1. The zero-order valence-electron chi connectivity index (χ0n) is 10.6. The number of rotatable bonds is 5. The molecule has 1 rings (SSSR count). The number of hydrogen-bond donors (Lipinski definition) is 2. The highest BCUT2D eigenvalue weighted by Crippen LogP contribution is 2.13. The number of nitrogens with zero attached hydrogens (tertiary/aromatic N) is 4. The number of nitro groups is 1. The lowest BCUT2D eigenvalue weighted by atomic mass is 10.3. The van der Waals surface area contributed by atoms with Crippen molar-refractivity contribution >= 4 is 18.0 Å². The predicted molar refractivity (Wildman–Crippen MR) is 63.6 cm³/mol. The SMILES string of the molecule is Cn1c([N+](=O)[O-])cnc1CCCN(OC(N)=O)C(=O)O. The van der Waals surface area contributed by atoms with Gasteiger partial charge in [-0.15, -0.1) is 5.06 Å². The number of carbonyl (C=O) groups is 2. The number of hydroxylamine groups is 2. The molecule has 0 aliphatic heterocycles. The summed E-state index contributed by atoms with van der Waals surface area (Å²) >= 11 is 0. The first kappa shape index (κ1) is 15.2. The van der Waals surface area contributed by atoms with Crippen molar-refractivity contribution in [1.29, 1.82) is 0 Å². The summed E-state index contributed by atoms with van der Waals surface area (Å²) in [6.45, 7) is -0.126. The Labute approximate surface area is 112 Å². The van der Waals surface area contributed by atoms with Crippen LogP contribution in [0.1, 0.15) is 12.2 Å². The fourth-order valence-corrected chi connectivity index (χ4v) is 1.51. The van der Waals surface area contributed by atoms with E-state index in [1.165, 1.54) is 11.6 Å². The zero-order valence-corrected chi connectivity index (χ0v) is 10.6. The minimum atomic E-state index is -1.46. The van der Waals surface area contributed by atoms with Gasteiger partial charge in [-0.25, -0.2) is 19.1 Å². The van der Waals surface area contributed by atoms with Gasteiger partial charge in [0.1, 0.15) is 6.20 Å². The maximum Gasteiger partial charge on any atom is 0.440 e. The van der Waals surface area contributed by atoms with Crippen LogP contribution in [-0.4, -0.2) is 43.4 Å². The third-order valence-corrected chi connectivity index (χ3v) is 2.42. The van der Waals surface area contributed by atoms with Crippen LogP contribution in [0.2, 0.25) is 0 Å². The number of hydrogen-bond acceptors (Lipinski definition) is 6. The van der Waals surface area contributed by atoms with E-state index in [-0.39, 0.29) is 25.2 Å². The largest absolute Gasteiger partial charge is 0.463 e. The van der Waals surface area contributed by atoms with Crippen molar-refractivity contribution in [2.45, 2.75) is 12.8 Å². The second-order valence-corrected chi connectivity index (χ2v) is 3.75. The van der Waals surface area contributed by atoms with E-state index in [0.717, 1.165) is 6.20 Å². The van der Waals surface area contributed by atoms with Gasteiger partial charge in [-0.05, 0) is 11.3 Å². The van der Waals surface area contributed by atoms with E-state index in [1.54, 1.807) is 0 Å². The van der Waals surface area contributed by atoms with Crippen molar-refractivity contribution in [2.75, 3.05) is 6.54 Å². The Kier molecular flexibility index (Phi) is 4.83. The van der Waals surface area contributed by atoms with Crippen molar-refractivity contribution in [3.05, 3.63) is 22.1 Å². The van der Waals surface area contributed by atoms with E-state index in [4.69, 9.17) is 10.8 Å². The molecule has 3 N–H and O–H groups in total. The molecular weight excluding hydrogens is 274 g/mol. The molecule has 11 heteroatoms. The highest BCUT2D eigenvalue weighted by atomic mass is 16.7. The number of aromatic nitrogens is 2. The minimum absolute atomic E-state index is 0.126. The van der Waals surface area contributed by atoms with Gasteiger partial charge in [0.2, 0.25) is 0 Å². The van der Waals surface area contributed by atoms with E-state index in [1.807, 2.05) is 0 Å². The first-order valence-corrected chi connectivity index (χ1v) is 5.45. The summed E-state index contributed by atoms with van der Waals surface area (Å²) in [6, 6.07) is 0. The van der Waals surface area contributed by atoms with Crippen LogP contribution >= 0.6 is 0 Å². The van der Waals surface area contributed by atoms with Crippen molar-refractivity contribution in [3.63, 3.8) is 0 Å². The molecule has 0 aromatic carbocycles. The quantitative estimate of drug-likeness (QED) is 0.581. The molecule has 0 saturated heterocycles. The molecule has 1 aromatic rings. The molecular formula is C9H13N5O6. The zero-order chi connectivity index (χ0) is 15.3. The second-order valence-electron chi connectivity index (χ2n) is 3.75. The summed E-state index contributed by atoms with van der Waals surface area (Å²) in [5.74, 6) is 0.254. The molecule has 11 nitrogen and oxygen atoms in total. The van der Waals surface area contributed by atoms with Gasteiger partial charge < -0.3 is 25.8 Å². The Morgan fingerprint density at radius 1 is 1.65 bits per heavy atom. The number of nitrogens with two attached hydrogens (primary N) is 1. The van der Waals surface area contributed by atoms with Crippen LogP contribution in [0.15, 0.2) is 6.20 Å². The van der Waals surface area contributed by atoms with Crippen molar-refractivity contribution in [2.24, 2.45) is 12.8 Å². The monoisotopic (exact) mass is 287 g/mol. The summed E-state index contributed by atoms with van der Waals surface area (Å²) in [7, 11) is 1.48. The van der Waals surface area contributed by atoms with E-state index in [0.29, 0.717) is 10.9 Å². The van der Waals surface area contributed by atoms with Gasteiger partial charge in [0, 0.05) is 6.42 Å². The van der Waals surface area contributed by atoms with Crippen LogP contribution in [-0.2, 0) is 18.3 Å². The van der Waals surface area contributed by atoms with Gasteiger partial charge in [0.15, 0.2) is 5.82 Å². The number of primary amides is 1. The molecule has 0 atom stereocenters. The molecule has 0 spiro atoms. The van der Waals surface area contributed by atoms with Crippen LogP contribution in [0.3, 0.4) is 0 Å². The number of amides is 2. The highest BCUT2D eigenvalue weighted by molar-refractivity contribution is 5.69. The second kappa shape index (κ2) is 6.36. The minimum Gasteiger partial charge on any atom is -0.463 e. The first-order valence-electron chi connectivity index (χ1n) is 5.45. The van der Waals surface area contributed by atoms with Gasteiger partial charge >= 0.3 is 18.0 Å². The molecule has 0 radical (unpaired) electrons. The molecule has 1 heterocycles. The molecule has 110 valence electrons.